The van der Waals surface area contributed by atoms with Crippen molar-refractivity contribution in [3.63, 3.8) is 0 Å². The highest BCUT2D eigenvalue weighted by molar-refractivity contribution is 5.95. The number of nitrogens with zero attached hydrogens (tertiary/aromatic N) is 1. The van der Waals surface area contributed by atoms with E-state index >= 15 is 0 Å². The van der Waals surface area contributed by atoms with Gasteiger partial charge in [0.25, 0.3) is 5.91 Å². The molecule has 0 aliphatic carbocycles. The molecule has 2 rings (SSSR count). The molecule has 1 aromatic heterocycles. The Balaban J connectivity index is 2.14. The van der Waals surface area contributed by atoms with Gasteiger partial charge in [-0.25, -0.2) is 4.98 Å². The van der Waals surface area contributed by atoms with Crippen molar-refractivity contribution in [3.05, 3.63) is 29.1 Å². The zero-order chi connectivity index (χ0) is 14.0. The Morgan fingerprint density at radius 2 is 2.21 bits per heavy atom. The molecule has 4 nitrogen and oxygen atoms in total. The van der Waals surface area contributed by atoms with E-state index in [0.717, 1.165) is 19.0 Å². The van der Waals surface area contributed by atoms with E-state index in [1.807, 2.05) is 0 Å². The molecule has 1 fully saturated rings. The summed E-state index contributed by atoms with van der Waals surface area (Å²) in [6.07, 6.45) is -3.67. The summed E-state index contributed by atoms with van der Waals surface area (Å²) in [6.45, 7) is 2.91. The minimum Gasteiger partial charge on any atom is -0.348 e. The first-order valence-corrected chi connectivity index (χ1v) is 5.94. The van der Waals surface area contributed by atoms with Crippen LogP contribution in [0.15, 0.2) is 12.1 Å². The summed E-state index contributed by atoms with van der Waals surface area (Å²) in [4.78, 5) is 15.4. The largest absolute Gasteiger partial charge is 0.433 e. The fraction of sp³-hybridized carbons (Fsp3) is 0.500. The van der Waals surface area contributed by atoms with Crippen LogP contribution >= 0.6 is 0 Å². The lowest BCUT2D eigenvalue weighted by molar-refractivity contribution is -0.141. The summed E-state index contributed by atoms with van der Waals surface area (Å²) in [7, 11) is 0. The van der Waals surface area contributed by atoms with E-state index in [1.165, 1.54) is 13.0 Å². The highest BCUT2D eigenvalue weighted by atomic mass is 19.4. The number of aryl methyl sites for hydroxylation is 1. The first kappa shape index (κ1) is 13.8. The van der Waals surface area contributed by atoms with Crippen LogP contribution in [0.2, 0.25) is 0 Å². The average molecular weight is 273 g/mol. The van der Waals surface area contributed by atoms with Crippen molar-refractivity contribution in [2.75, 3.05) is 13.1 Å². The van der Waals surface area contributed by atoms with E-state index in [9.17, 15) is 18.0 Å². The van der Waals surface area contributed by atoms with Gasteiger partial charge in [0, 0.05) is 12.6 Å². The lowest BCUT2D eigenvalue weighted by Gasteiger charge is -2.13. The van der Waals surface area contributed by atoms with E-state index in [-0.39, 0.29) is 23.2 Å². The highest BCUT2D eigenvalue weighted by Gasteiger charge is 2.33. The molecule has 2 heterocycles. The molecule has 1 aromatic rings. The van der Waals surface area contributed by atoms with Gasteiger partial charge in [0.1, 0.15) is 5.69 Å². The van der Waals surface area contributed by atoms with Crippen LogP contribution in [0.25, 0.3) is 0 Å². The molecule has 19 heavy (non-hydrogen) atoms. The van der Waals surface area contributed by atoms with Crippen molar-refractivity contribution in [3.8, 4) is 0 Å². The number of alkyl halides is 3. The maximum Gasteiger partial charge on any atom is 0.433 e. The number of aromatic nitrogens is 1. The molecule has 0 saturated carbocycles. The number of nitrogens with one attached hydrogen (secondary N) is 2. The van der Waals surface area contributed by atoms with Crippen LogP contribution in [0.4, 0.5) is 13.2 Å². The minimum atomic E-state index is -4.49. The maximum atomic E-state index is 12.5. The van der Waals surface area contributed by atoms with Crippen molar-refractivity contribution in [1.29, 1.82) is 0 Å². The van der Waals surface area contributed by atoms with Crippen LogP contribution in [0.5, 0.6) is 0 Å². The number of halogens is 3. The zero-order valence-corrected chi connectivity index (χ0v) is 10.3. The third-order valence-corrected chi connectivity index (χ3v) is 3.02. The smallest absolute Gasteiger partial charge is 0.348 e. The van der Waals surface area contributed by atoms with E-state index < -0.39 is 11.9 Å². The van der Waals surface area contributed by atoms with Crippen molar-refractivity contribution in [1.82, 2.24) is 15.6 Å². The van der Waals surface area contributed by atoms with E-state index in [1.54, 1.807) is 0 Å². The predicted octanol–water partition coefficient (Wildman–Crippen LogP) is 1.50. The Hall–Kier alpha value is -1.63. The SMILES string of the molecule is Cc1nc(C(F)(F)F)ccc1C(=O)NC1CCNC1. The Labute approximate surface area is 108 Å². The molecule has 2 N–H and O–H groups in total. The van der Waals surface area contributed by atoms with Crippen molar-refractivity contribution in [2.24, 2.45) is 0 Å². The third kappa shape index (κ3) is 3.23. The Kier molecular flexibility index (Phi) is 3.75. The Morgan fingerprint density at radius 3 is 2.74 bits per heavy atom. The van der Waals surface area contributed by atoms with Crippen LogP contribution in [0.3, 0.4) is 0 Å². The quantitative estimate of drug-likeness (QED) is 0.858. The van der Waals surface area contributed by atoms with Gasteiger partial charge in [0.15, 0.2) is 0 Å². The van der Waals surface area contributed by atoms with Gasteiger partial charge in [-0.3, -0.25) is 4.79 Å². The van der Waals surface area contributed by atoms with Gasteiger partial charge in [-0.15, -0.1) is 0 Å². The summed E-state index contributed by atoms with van der Waals surface area (Å²) in [5, 5.41) is 5.87. The molecule has 1 unspecified atom stereocenters. The Bertz CT molecular complexity index is 482. The summed E-state index contributed by atoms with van der Waals surface area (Å²) in [6, 6.07) is 2.02. The molecule has 0 aromatic carbocycles. The van der Waals surface area contributed by atoms with Crippen LogP contribution in [0, 0.1) is 6.92 Å². The van der Waals surface area contributed by atoms with Crippen molar-refractivity contribution < 1.29 is 18.0 Å². The molecular weight excluding hydrogens is 259 g/mol. The standard InChI is InChI=1S/C12H14F3N3O/c1-7-9(2-3-10(17-7)12(13,14)15)11(19)18-8-4-5-16-6-8/h2-3,8,16H,4-6H2,1H3,(H,18,19). The van der Waals surface area contributed by atoms with Gasteiger partial charge in [0.2, 0.25) is 0 Å². The zero-order valence-electron chi connectivity index (χ0n) is 10.3. The molecule has 104 valence electrons. The van der Waals surface area contributed by atoms with Crippen molar-refractivity contribution in [2.45, 2.75) is 25.6 Å². The molecule has 1 aliphatic rings. The number of rotatable bonds is 2. The average Bonchev–Trinajstić information content (AvgIpc) is 2.80. The molecule has 1 aliphatic heterocycles. The molecule has 7 heteroatoms. The summed E-state index contributed by atoms with van der Waals surface area (Å²) in [5.41, 5.74) is -0.720. The van der Waals surface area contributed by atoms with Gasteiger partial charge in [-0.2, -0.15) is 13.2 Å². The predicted molar refractivity (Wildman–Crippen MR) is 62.7 cm³/mol. The fourth-order valence-corrected chi connectivity index (χ4v) is 2.00. The van der Waals surface area contributed by atoms with Gasteiger partial charge in [-0.1, -0.05) is 0 Å². The number of hydrogen-bond donors (Lipinski definition) is 2. The van der Waals surface area contributed by atoms with Crippen LogP contribution in [-0.2, 0) is 6.18 Å². The van der Waals surface area contributed by atoms with E-state index in [2.05, 4.69) is 15.6 Å². The molecular formula is C12H14F3N3O. The topological polar surface area (TPSA) is 54.0 Å². The number of carbonyl (C=O) groups is 1. The van der Waals surface area contributed by atoms with Crippen LogP contribution in [0.1, 0.15) is 28.2 Å². The van der Waals surface area contributed by atoms with Gasteiger partial charge in [-0.05, 0) is 32.0 Å². The van der Waals surface area contributed by atoms with E-state index in [4.69, 9.17) is 0 Å². The molecule has 1 saturated heterocycles. The third-order valence-electron chi connectivity index (χ3n) is 3.02. The number of hydrogen-bond acceptors (Lipinski definition) is 3. The normalized spacial score (nSPS) is 19.5. The van der Waals surface area contributed by atoms with Gasteiger partial charge < -0.3 is 10.6 Å². The first-order valence-electron chi connectivity index (χ1n) is 5.94. The first-order chi connectivity index (χ1) is 8.88. The van der Waals surface area contributed by atoms with Crippen LogP contribution in [-0.4, -0.2) is 30.0 Å². The van der Waals surface area contributed by atoms with E-state index in [0.29, 0.717) is 6.54 Å². The monoisotopic (exact) mass is 273 g/mol. The number of pyridine rings is 1. The highest BCUT2D eigenvalue weighted by Crippen LogP contribution is 2.28. The molecule has 1 atom stereocenters. The molecule has 0 bridgehead atoms. The number of carbonyl (C=O) groups excluding carboxylic acids is 1. The lowest BCUT2D eigenvalue weighted by Crippen LogP contribution is -2.36. The minimum absolute atomic E-state index is 0.0224. The molecule has 0 spiro atoms. The van der Waals surface area contributed by atoms with Gasteiger partial charge >= 0.3 is 6.18 Å². The van der Waals surface area contributed by atoms with Crippen LogP contribution < -0.4 is 10.6 Å². The second-order valence-electron chi connectivity index (χ2n) is 4.49. The van der Waals surface area contributed by atoms with Gasteiger partial charge in [0.05, 0.1) is 11.3 Å². The molecule has 1 amide bonds. The maximum absolute atomic E-state index is 12.5. The molecule has 0 radical (unpaired) electrons. The fourth-order valence-electron chi connectivity index (χ4n) is 2.00. The Morgan fingerprint density at radius 1 is 1.47 bits per heavy atom. The van der Waals surface area contributed by atoms with Crippen molar-refractivity contribution >= 4 is 5.91 Å². The second-order valence-corrected chi connectivity index (χ2v) is 4.49. The summed E-state index contributed by atoms with van der Waals surface area (Å²) >= 11 is 0. The lowest BCUT2D eigenvalue weighted by atomic mass is 10.1. The summed E-state index contributed by atoms with van der Waals surface area (Å²) < 4.78 is 37.4. The summed E-state index contributed by atoms with van der Waals surface area (Å²) in [5.74, 6) is -0.382. The number of amides is 1. The second kappa shape index (κ2) is 5.16.